The van der Waals surface area contributed by atoms with Gasteiger partial charge in [-0.3, -0.25) is 4.79 Å². The number of benzene rings is 1. The lowest BCUT2D eigenvalue weighted by Gasteiger charge is -2.35. The van der Waals surface area contributed by atoms with Crippen LogP contribution in [-0.4, -0.2) is 46.9 Å². The van der Waals surface area contributed by atoms with Gasteiger partial charge in [-0.2, -0.15) is 5.10 Å². The molecule has 2 aliphatic carbocycles. The lowest BCUT2D eigenvalue weighted by molar-refractivity contribution is 0.0297. The summed E-state index contributed by atoms with van der Waals surface area (Å²) in [5.74, 6) is 0.464. The molecule has 0 N–H and O–H groups in total. The summed E-state index contributed by atoms with van der Waals surface area (Å²) in [5, 5.41) is 4.91. The Kier molecular flexibility index (Phi) is 3.57. The predicted molar refractivity (Wildman–Crippen MR) is 103 cm³/mol. The summed E-state index contributed by atoms with van der Waals surface area (Å²) in [6.45, 7) is 9.61. The minimum absolute atomic E-state index is 0.0411. The maximum Gasteiger partial charge on any atom is 0.274 e. The summed E-state index contributed by atoms with van der Waals surface area (Å²) < 4.78 is 7.49. The number of carbonyl (C=O) groups excluding carboxylic acids is 1. The molecule has 1 aliphatic heterocycles. The van der Waals surface area contributed by atoms with E-state index in [0.717, 1.165) is 18.5 Å². The number of nitrogens with zero attached hydrogens (tertiary/aromatic N) is 3. The zero-order valence-corrected chi connectivity index (χ0v) is 16.4. The van der Waals surface area contributed by atoms with Gasteiger partial charge in [0, 0.05) is 24.1 Å². The highest BCUT2D eigenvalue weighted by molar-refractivity contribution is 5.95. The molecule has 1 aromatic heterocycles. The molecule has 1 amide bonds. The van der Waals surface area contributed by atoms with Gasteiger partial charge in [0.1, 0.15) is 0 Å². The number of aromatic nitrogens is 2. The fourth-order valence-electron chi connectivity index (χ4n) is 5.55. The first-order valence-corrected chi connectivity index (χ1v) is 10.0. The summed E-state index contributed by atoms with van der Waals surface area (Å²) >= 11 is 0. The summed E-state index contributed by atoms with van der Waals surface area (Å²) in [6, 6.07) is 10.3. The largest absolute Gasteiger partial charge is 0.378 e. The number of hydrogen-bond donors (Lipinski definition) is 0. The number of hydrogen-bond acceptors (Lipinski definition) is 3. The first-order valence-electron chi connectivity index (χ1n) is 10.0. The van der Waals surface area contributed by atoms with Crippen molar-refractivity contribution >= 4 is 5.91 Å². The van der Waals surface area contributed by atoms with Crippen LogP contribution in [-0.2, 0) is 10.2 Å². The van der Waals surface area contributed by atoms with Crippen LogP contribution in [0.2, 0.25) is 0 Å². The Morgan fingerprint density at radius 2 is 1.85 bits per heavy atom. The van der Waals surface area contributed by atoms with E-state index in [1.54, 1.807) is 0 Å². The van der Waals surface area contributed by atoms with Crippen molar-refractivity contribution in [3.8, 4) is 5.69 Å². The van der Waals surface area contributed by atoms with Crippen molar-refractivity contribution in [2.24, 2.45) is 5.41 Å². The van der Waals surface area contributed by atoms with Crippen molar-refractivity contribution in [3.63, 3.8) is 0 Å². The molecule has 2 atom stereocenters. The Bertz CT molecular complexity index is 896. The van der Waals surface area contributed by atoms with E-state index in [1.165, 1.54) is 11.3 Å². The second kappa shape index (κ2) is 5.68. The second-order valence-corrected chi connectivity index (χ2v) is 8.91. The van der Waals surface area contributed by atoms with Crippen molar-refractivity contribution in [2.75, 3.05) is 26.3 Å². The van der Waals surface area contributed by atoms with Gasteiger partial charge >= 0.3 is 0 Å². The summed E-state index contributed by atoms with van der Waals surface area (Å²) in [7, 11) is 0. The quantitative estimate of drug-likeness (QED) is 0.818. The Hall–Kier alpha value is -2.14. The number of carbonyl (C=O) groups is 1. The lowest BCUT2D eigenvalue weighted by atomic mass is 9.70. The molecule has 0 spiro atoms. The highest BCUT2D eigenvalue weighted by atomic mass is 16.5. The van der Waals surface area contributed by atoms with Gasteiger partial charge in [-0.1, -0.05) is 39.0 Å². The molecule has 5 nitrogen and oxygen atoms in total. The first kappa shape index (κ1) is 17.0. The maximum absolute atomic E-state index is 13.4. The molecule has 1 saturated carbocycles. The van der Waals surface area contributed by atoms with Gasteiger partial charge in [-0.25, -0.2) is 4.68 Å². The van der Waals surface area contributed by atoms with Crippen LogP contribution in [0.4, 0.5) is 0 Å². The number of fused-ring (bicyclic) bond motifs is 5. The van der Waals surface area contributed by atoms with Gasteiger partial charge in [-0.15, -0.1) is 0 Å². The molecular formula is C22H27N3O2. The van der Waals surface area contributed by atoms with Gasteiger partial charge in [0.05, 0.1) is 24.6 Å². The number of amides is 1. The summed E-state index contributed by atoms with van der Waals surface area (Å²) in [5.41, 5.74) is 4.34. The van der Waals surface area contributed by atoms with E-state index >= 15 is 0 Å². The third kappa shape index (κ3) is 2.15. The molecule has 0 unspecified atom stereocenters. The molecular weight excluding hydrogens is 338 g/mol. The van der Waals surface area contributed by atoms with Gasteiger partial charge in [0.2, 0.25) is 0 Å². The molecule has 5 heteroatoms. The highest BCUT2D eigenvalue weighted by Crippen LogP contribution is 2.68. The second-order valence-electron chi connectivity index (χ2n) is 8.91. The topological polar surface area (TPSA) is 47.4 Å². The molecule has 27 heavy (non-hydrogen) atoms. The molecule has 2 heterocycles. The standard InChI is InChI=1S/C22H27N3O2/c1-21(2)16-9-10-22(21,3)19-17(16)18(20(26)24-11-13-27-14-12-24)23-25(19)15-7-5-4-6-8-15/h4-8,16H,9-14H2,1-3H3/t16-,22+/m1/s1. The average Bonchev–Trinajstić information content (AvgIpc) is 3.25. The predicted octanol–water partition coefficient (Wildman–Crippen LogP) is 3.52. The van der Waals surface area contributed by atoms with E-state index < -0.39 is 0 Å². The van der Waals surface area contributed by atoms with Crippen molar-refractivity contribution in [1.29, 1.82) is 0 Å². The van der Waals surface area contributed by atoms with Crippen LogP contribution >= 0.6 is 0 Å². The molecule has 142 valence electrons. The van der Waals surface area contributed by atoms with Crippen LogP contribution in [0, 0.1) is 5.41 Å². The maximum atomic E-state index is 13.4. The fraction of sp³-hybridized carbons (Fsp3) is 0.545. The Balaban J connectivity index is 1.70. The Morgan fingerprint density at radius 1 is 1.15 bits per heavy atom. The van der Waals surface area contributed by atoms with E-state index in [0.29, 0.717) is 37.9 Å². The van der Waals surface area contributed by atoms with Gasteiger partial charge in [0.15, 0.2) is 5.69 Å². The minimum atomic E-state index is 0.0411. The molecule has 0 radical (unpaired) electrons. The average molecular weight is 365 g/mol. The van der Waals surface area contributed by atoms with Gasteiger partial charge < -0.3 is 9.64 Å². The van der Waals surface area contributed by atoms with Crippen LogP contribution in [0.3, 0.4) is 0 Å². The molecule has 2 aromatic rings. The van der Waals surface area contributed by atoms with E-state index in [9.17, 15) is 4.79 Å². The van der Waals surface area contributed by atoms with E-state index in [4.69, 9.17) is 9.84 Å². The van der Waals surface area contributed by atoms with Gasteiger partial charge in [-0.05, 0) is 36.3 Å². The Labute approximate surface area is 160 Å². The number of para-hydroxylation sites is 1. The summed E-state index contributed by atoms with van der Waals surface area (Å²) in [4.78, 5) is 15.3. The van der Waals surface area contributed by atoms with Crippen molar-refractivity contribution in [2.45, 2.75) is 44.9 Å². The lowest BCUT2D eigenvalue weighted by Crippen LogP contribution is -2.41. The molecule has 1 aromatic carbocycles. The molecule has 3 aliphatic rings. The number of ether oxygens (including phenoxy) is 1. The van der Waals surface area contributed by atoms with Crippen LogP contribution in [0.5, 0.6) is 0 Å². The van der Waals surface area contributed by atoms with Crippen molar-refractivity contribution < 1.29 is 9.53 Å². The highest BCUT2D eigenvalue weighted by Gasteiger charge is 2.63. The number of morpholine rings is 1. The van der Waals surface area contributed by atoms with E-state index in [-0.39, 0.29) is 16.7 Å². The SMILES string of the molecule is CC1(C)[C@@H]2CC[C@@]1(C)c1c2c(C(=O)N2CCOCC2)nn1-c1ccccc1. The third-order valence-electron chi connectivity index (χ3n) is 7.52. The van der Waals surface area contributed by atoms with Crippen molar-refractivity contribution in [3.05, 3.63) is 47.3 Å². The summed E-state index contributed by atoms with van der Waals surface area (Å²) in [6.07, 6.45) is 2.29. The van der Waals surface area contributed by atoms with E-state index in [1.807, 2.05) is 23.1 Å². The number of rotatable bonds is 2. The molecule has 1 saturated heterocycles. The molecule has 2 fully saturated rings. The van der Waals surface area contributed by atoms with Crippen LogP contribution < -0.4 is 0 Å². The van der Waals surface area contributed by atoms with Gasteiger partial charge in [0.25, 0.3) is 5.91 Å². The monoisotopic (exact) mass is 365 g/mol. The fourth-order valence-corrected chi connectivity index (χ4v) is 5.55. The zero-order chi connectivity index (χ0) is 18.8. The van der Waals surface area contributed by atoms with Crippen LogP contribution in [0.1, 0.15) is 61.3 Å². The van der Waals surface area contributed by atoms with Crippen molar-refractivity contribution in [1.82, 2.24) is 14.7 Å². The van der Waals surface area contributed by atoms with E-state index in [2.05, 4.69) is 37.6 Å². The van der Waals surface area contributed by atoms with Crippen LogP contribution in [0.25, 0.3) is 5.69 Å². The molecule has 5 rings (SSSR count). The molecule has 2 bridgehead atoms. The third-order valence-corrected chi connectivity index (χ3v) is 7.52. The normalized spacial score (nSPS) is 28.4. The first-order chi connectivity index (χ1) is 12.9. The smallest absolute Gasteiger partial charge is 0.274 e. The Morgan fingerprint density at radius 3 is 2.56 bits per heavy atom. The van der Waals surface area contributed by atoms with Crippen LogP contribution in [0.15, 0.2) is 30.3 Å². The zero-order valence-electron chi connectivity index (χ0n) is 16.4. The minimum Gasteiger partial charge on any atom is -0.378 e.